The minimum absolute atomic E-state index is 0. The summed E-state index contributed by atoms with van der Waals surface area (Å²) in [5.41, 5.74) is 3.93. The Bertz CT molecular complexity index is 535. The number of nitrogens with zero attached hydrogens (tertiary/aromatic N) is 1. The van der Waals surface area contributed by atoms with Crippen LogP contribution in [0.1, 0.15) is 45.6 Å². The minimum atomic E-state index is -0.711. The van der Waals surface area contributed by atoms with Crippen LogP contribution < -0.4 is 51.4 Å². The molecular weight excluding hydrogens is 277 g/mol. The van der Waals surface area contributed by atoms with Crippen molar-refractivity contribution >= 4 is 17.4 Å². The molecule has 1 aliphatic heterocycles. The fourth-order valence-corrected chi connectivity index (χ4v) is 2.71. The van der Waals surface area contributed by atoms with Crippen molar-refractivity contribution in [3.05, 3.63) is 29.8 Å². The summed E-state index contributed by atoms with van der Waals surface area (Å²) in [4.78, 5) is 10.5. The number of hydrogen-bond acceptors (Lipinski definition) is 1. The molecule has 1 aromatic carbocycles. The first-order valence-electron chi connectivity index (χ1n) is 6.78. The number of unbranched alkanes of at least 4 members (excludes halogenated alkanes) is 1. The van der Waals surface area contributed by atoms with E-state index < -0.39 is 5.97 Å². The third kappa shape index (κ3) is 3.60. The summed E-state index contributed by atoms with van der Waals surface area (Å²) in [6.07, 6.45) is 1.89. The van der Waals surface area contributed by atoms with Gasteiger partial charge in [0.15, 0.2) is 5.71 Å². The van der Waals surface area contributed by atoms with Gasteiger partial charge in [0.1, 0.15) is 12.2 Å². The zero-order chi connectivity index (χ0) is 14.0. The van der Waals surface area contributed by atoms with E-state index in [9.17, 15) is 4.79 Å². The fourth-order valence-electron chi connectivity index (χ4n) is 2.71. The summed E-state index contributed by atoms with van der Waals surface area (Å²) < 4.78 is 2.32. The first kappa shape index (κ1) is 18.0. The molecule has 0 unspecified atom stereocenters. The fraction of sp³-hybridized carbons (Fsp3) is 0.500. The van der Waals surface area contributed by atoms with Crippen LogP contribution in [-0.2, 0) is 10.2 Å². The third-order valence-electron chi connectivity index (χ3n) is 4.14. The van der Waals surface area contributed by atoms with E-state index in [1.54, 1.807) is 0 Å². The Morgan fingerprint density at radius 1 is 1.40 bits per heavy atom. The average Bonchev–Trinajstić information content (AvgIpc) is 2.55. The second-order valence-corrected chi connectivity index (χ2v) is 5.66. The molecule has 0 aromatic heterocycles. The van der Waals surface area contributed by atoms with Crippen LogP contribution in [0.3, 0.4) is 0 Å². The van der Waals surface area contributed by atoms with Gasteiger partial charge in [0, 0.05) is 25.2 Å². The van der Waals surface area contributed by atoms with Gasteiger partial charge in [0.25, 0.3) is 0 Å². The molecule has 0 fully saturated rings. The summed E-state index contributed by atoms with van der Waals surface area (Å²) in [6.45, 7) is 7.51. The molecule has 20 heavy (non-hydrogen) atoms. The van der Waals surface area contributed by atoms with Crippen molar-refractivity contribution in [3.63, 3.8) is 0 Å². The number of rotatable bonds is 5. The molecule has 2 rings (SSSR count). The van der Waals surface area contributed by atoms with Gasteiger partial charge in [-0.1, -0.05) is 19.4 Å². The summed E-state index contributed by atoms with van der Waals surface area (Å²) in [5.74, 6) is -0.711. The van der Waals surface area contributed by atoms with E-state index in [1.165, 1.54) is 17.0 Å². The van der Waals surface area contributed by atoms with Gasteiger partial charge in [0.05, 0.1) is 0 Å². The van der Waals surface area contributed by atoms with Gasteiger partial charge >= 0.3 is 57.4 Å². The predicted octanol–water partition coefficient (Wildman–Crippen LogP) is 0.142. The van der Waals surface area contributed by atoms with Crippen molar-refractivity contribution in [2.24, 2.45) is 0 Å². The Kier molecular flexibility index (Phi) is 6.60. The quantitative estimate of drug-likeness (QED) is 0.364. The predicted molar refractivity (Wildman–Crippen MR) is 75.3 cm³/mol. The van der Waals surface area contributed by atoms with E-state index in [-0.39, 0.29) is 63.2 Å². The van der Waals surface area contributed by atoms with Crippen molar-refractivity contribution < 1.29 is 65.9 Å². The summed E-state index contributed by atoms with van der Waals surface area (Å²) >= 11 is 0. The molecule has 3 nitrogen and oxygen atoms in total. The molecule has 0 spiro atoms. The van der Waals surface area contributed by atoms with Gasteiger partial charge in [-0.2, -0.15) is 18.2 Å². The van der Waals surface area contributed by atoms with E-state index in [2.05, 4.69) is 43.5 Å². The monoisotopic (exact) mass is 298 g/mol. The topological polar surface area (TPSA) is 40.3 Å². The Morgan fingerprint density at radius 3 is 2.75 bits per heavy atom. The maximum Gasteiger partial charge on any atom is 1.00 e. The number of carboxylic acids is 1. The summed E-state index contributed by atoms with van der Waals surface area (Å²) in [7, 11) is 0. The smallest absolute Gasteiger partial charge is 0.481 e. The van der Waals surface area contributed by atoms with Crippen LogP contribution in [0.5, 0.6) is 0 Å². The number of benzene rings is 1. The Balaban J connectivity index is 0.00000200. The van der Waals surface area contributed by atoms with Crippen LogP contribution in [0, 0.1) is 6.07 Å². The van der Waals surface area contributed by atoms with E-state index in [4.69, 9.17) is 5.11 Å². The molecule has 0 radical (unpaired) electrons. The van der Waals surface area contributed by atoms with Crippen LogP contribution in [-0.4, -0.2) is 27.9 Å². The van der Waals surface area contributed by atoms with Gasteiger partial charge in [-0.3, -0.25) is 4.79 Å². The molecule has 0 amide bonds. The Hall–Kier alpha value is -0.00364. The third-order valence-corrected chi connectivity index (χ3v) is 4.14. The van der Waals surface area contributed by atoms with Gasteiger partial charge < -0.3 is 5.11 Å². The molecule has 0 atom stereocenters. The molecule has 102 valence electrons. The van der Waals surface area contributed by atoms with E-state index in [1.807, 2.05) is 6.07 Å². The number of carbonyl (C=O) groups is 1. The van der Waals surface area contributed by atoms with Crippen LogP contribution in [0.25, 0.3) is 0 Å². The van der Waals surface area contributed by atoms with Crippen molar-refractivity contribution in [2.45, 2.75) is 45.4 Å². The number of aliphatic carboxylic acids is 1. The van der Waals surface area contributed by atoms with Gasteiger partial charge in [-0.25, -0.2) is 4.58 Å². The minimum Gasteiger partial charge on any atom is -0.481 e. The van der Waals surface area contributed by atoms with Crippen LogP contribution in [0.4, 0.5) is 5.69 Å². The average molecular weight is 298 g/mol. The molecule has 1 N–H and O–H groups in total. The standard InChI is InChI=1S/C16H21NO2.K/c1-12-16(2,3)13-8-4-5-9-14(13)17(12)11-7-6-10-15(18)19;/h5,8-9H,6-7,10-11H2,1-3H3,(H,18,19);/q;+1. The van der Waals surface area contributed by atoms with Gasteiger partial charge in [-0.05, 0) is 6.42 Å². The molecule has 0 saturated carbocycles. The van der Waals surface area contributed by atoms with Crippen LogP contribution in [0.15, 0.2) is 18.2 Å². The first-order chi connectivity index (χ1) is 8.94. The van der Waals surface area contributed by atoms with Crippen molar-refractivity contribution in [1.29, 1.82) is 0 Å². The van der Waals surface area contributed by atoms with Crippen molar-refractivity contribution in [2.75, 3.05) is 6.54 Å². The SMILES string of the molecule is CC1=[N+](CCCCC(=O)O)c2cc[c-]cc2C1(C)C.[K+]. The van der Waals surface area contributed by atoms with E-state index >= 15 is 0 Å². The Labute approximate surface area is 163 Å². The maximum absolute atomic E-state index is 10.5. The van der Waals surface area contributed by atoms with Crippen molar-refractivity contribution in [1.82, 2.24) is 0 Å². The first-order valence-corrected chi connectivity index (χ1v) is 6.78. The van der Waals surface area contributed by atoms with Crippen molar-refractivity contribution in [3.8, 4) is 0 Å². The second kappa shape index (κ2) is 7.32. The second-order valence-electron chi connectivity index (χ2n) is 5.66. The molecule has 0 saturated heterocycles. The van der Waals surface area contributed by atoms with E-state index in [0.29, 0.717) is 0 Å². The largest absolute Gasteiger partial charge is 1.00 e. The summed E-state index contributed by atoms with van der Waals surface area (Å²) in [5, 5.41) is 8.68. The Morgan fingerprint density at radius 2 is 2.10 bits per heavy atom. The number of hydrogen-bond donors (Lipinski definition) is 1. The molecule has 4 heteroatoms. The number of carboxylic acid groups (broad SMARTS) is 1. The maximum atomic E-state index is 10.5. The molecule has 1 heterocycles. The molecule has 0 bridgehead atoms. The zero-order valence-corrected chi connectivity index (χ0v) is 16.0. The zero-order valence-electron chi connectivity index (χ0n) is 12.9. The van der Waals surface area contributed by atoms with Gasteiger partial charge in [0.2, 0.25) is 0 Å². The van der Waals surface area contributed by atoms with Gasteiger partial charge in [-0.15, -0.1) is 6.07 Å². The number of fused-ring (bicyclic) bond motifs is 1. The molecule has 1 aromatic rings. The normalized spacial score (nSPS) is 15.8. The van der Waals surface area contributed by atoms with E-state index in [0.717, 1.165) is 19.4 Å². The summed E-state index contributed by atoms with van der Waals surface area (Å²) in [6, 6.07) is 9.26. The molecule has 0 aliphatic carbocycles. The molecule has 1 aliphatic rings. The van der Waals surface area contributed by atoms with Crippen LogP contribution in [0.2, 0.25) is 0 Å². The molecular formula is C16H21KNO2+. The van der Waals surface area contributed by atoms with Crippen LogP contribution >= 0.6 is 0 Å².